The predicted molar refractivity (Wildman–Crippen MR) is 153 cm³/mol. The zero-order valence-corrected chi connectivity index (χ0v) is 23.9. The fourth-order valence-electron chi connectivity index (χ4n) is 5.78. The van der Waals surface area contributed by atoms with Gasteiger partial charge in [0.1, 0.15) is 17.4 Å². The third-order valence-electron chi connectivity index (χ3n) is 8.38. The first-order valence-corrected chi connectivity index (χ1v) is 14.1. The number of aliphatic hydroxyl groups is 1. The van der Waals surface area contributed by atoms with Crippen molar-refractivity contribution in [3.63, 3.8) is 0 Å². The lowest BCUT2D eigenvalue weighted by atomic mass is 9.86. The second-order valence-electron chi connectivity index (χ2n) is 10.9. The number of carbonyl (C=O) groups excluding carboxylic acids is 1. The number of hydrogen-bond acceptors (Lipinski definition) is 7. The standard InChI is InChI=1S/C32H37N5O3/c1-6-40-31-14-29(35-17-24(31)15-33)21(4)37-10-8-25-27(26-11-20(3)34-16-19(26)2)12-23(13-28(25)32(37)39)7-9-36-18-30(38)22(36)5/h11-14,16-17,21-22,30,38H,6-10,18H2,1-5H3/t21?,22-,30-/m1/s1. The molecular weight excluding hydrogens is 502 g/mol. The molecule has 0 radical (unpaired) electrons. The Kier molecular flexibility index (Phi) is 7.88. The molecule has 2 aromatic heterocycles. The van der Waals surface area contributed by atoms with Crippen LogP contribution in [0.4, 0.5) is 0 Å². The van der Waals surface area contributed by atoms with Gasteiger partial charge in [-0.25, -0.2) is 0 Å². The molecule has 40 heavy (non-hydrogen) atoms. The van der Waals surface area contributed by atoms with Crippen molar-refractivity contribution in [3.05, 3.63) is 75.9 Å². The zero-order valence-electron chi connectivity index (χ0n) is 23.9. The molecule has 5 rings (SSSR count). The molecule has 1 unspecified atom stereocenters. The van der Waals surface area contributed by atoms with Gasteiger partial charge < -0.3 is 14.7 Å². The topological polar surface area (TPSA) is 103 Å². The molecule has 3 atom stereocenters. The monoisotopic (exact) mass is 539 g/mol. The quantitative estimate of drug-likeness (QED) is 0.453. The molecule has 4 heterocycles. The van der Waals surface area contributed by atoms with Crippen molar-refractivity contribution >= 4 is 5.91 Å². The summed E-state index contributed by atoms with van der Waals surface area (Å²) < 4.78 is 5.67. The number of nitrogens with zero attached hydrogens (tertiary/aromatic N) is 5. The number of ether oxygens (including phenoxy) is 1. The molecule has 8 nitrogen and oxygen atoms in total. The fourth-order valence-corrected chi connectivity index (χ4v) is 5.78. The molecule has 1 fully saturated rings. The van der Waals surface area contributed by atoms with E-state index in [-0.39, 0.29) is 24.1 Å². The molecule has 3 aromatic rings. The van der Waals surface area contributed by atoms with E-state index < -0.39 is 0 Å². The van der Waals surface area contributed by atoms with E-state index in [1.807, 2.05) is 38.8 Å². The number of fused-ring (bicyclic) bond motifs is 1. The Morgan fingerprint density at radius 2 is 1.93 bits per heavy atom. The summed E-state index contributed by atoms with van der Waals surface area (Å²) in [5.74, 6) is 0.474. The third kappa shape index (κ3) is 5.19. The molecule has 208 valence electrons. The minimum atomic E-state index is -0.284. The van der Waals surface area contributed by atoms with E-state index in [0.717, 1.165) is 58.5 Å². The number of likely N-dealkylation sites (tertiary alicyclic amines) is 1. The Morgan fingerprint density at radius 1 is 1.15 bits per heavy atom. The van der Waals surface area contributed by atoms with Crippen molar-refractivity contribution in [2.75, 3.05) is 26.2 Å². The Morgan fingerprint density at radius 3 is 2.62 bits per heavy atom. The zero-order chi connectivity index (χ0) is 28.6. The third-order valence-corrected chi connectivity index (χ3v) is 8.38. The number of hydrogen-bond donors (Lipinski definition) is 1. The maximum absolute atomic E-state index is 14.1. The Bertz CT molecular complexity index is 1480. The summed E-state index contributed by atoms with van der Waals surface area (Å²) in [7, 11) is 0. The lowest BCUT2D eigenvalue weighted by molar-refractivity contribution is -0.0510. The minimum Gasteiger partial charge on any atom is -0.492 e. The number of pyridine rings is 2. The summed E-state index contributed by atoms with van der Waals surface area (Å²) in [5.41, 5.74) is 8.22. The fraction of sp³-hybridized carbons (Fsp3) is 0.438. The highest BCUT2D eigenvalue weighted by Crippen LogP contribution is 2.37. The van der Waals surface area contributed by atoms with Gasteiger partial charge in [-0.2, -0.15) is 5.26 Å². The summed E-state index contributed by atoms with van der Waals surface area (Å²) >= 11 is 0. The van der Waals surface area contributed by atoms with E-state index in [0.29, 0.717) is 36.7 Å². The van der Waals surface area contributed by atoms with Crippen LogP contribution in [0.5, 0.6) is 5.75 Å². The van der Waals surface area contributed by atoms with Gasteiger partial charge in [-0.15, -0.1) is 0 Å². The van der Waals surface area contributed by atoms with Crippen LogP contribution in [0.15, 0.2) is 36.7 Å². The molecule has 1 aromatic carbocycles. The SMILES string of the molecule is CCOc1cc(C(C)N2CCc3c(cc(CCN4C[C@@H](O)[C@H]4C)cc3-c3cc(C)ncc3C)C2=O)ncc1C#N. The first kappa shape index (κ1) is 27.8. The number of amides is 1. The van der Waals surface area contributed by atoms with Crippen LogP contribution >= 0.6 is 0 Å². The van der Waals surface area contributed by atoms with Gasteiger partial charge in [-0.1, -0.05) is 6.07 Å². The van der Waals surface area contributed by atoms with Gasteiger partial charge in [0.25, 0.3) is 5.91 Å². The van der Waals surface area contributed by atoms with E-state index in [1.54, 1.807) is 6.07 Å². The van der Waals surface area contributed by atoms with E-state index in [9.17, 15) is 15.2 Å². The highest BCUT2D eigenvalue weighted by atomic mass is 16.5. The molecule has 8 heteroatoms. The van der Waals surface area contributed by atoms with Gasteiger partial charge in [0.05, 0.1) is 24.4 Å². The maximum atomic E-state index is 14.1. The molecule has 0 aliphatic carbocycles. The van der Waals surface area contributed by atoms with Gasteiger partial charge in [0, 0.05) is 55.4 Å². The summed E-state index contributed by atoms with van der Waals surface area (Å²) in [6.07, 6.45) is 4.68. The van der Waals surface area contributed by atoms with Gasteiger partial charge >= 0.3 is 0 Å². The minimum absolute atomic E-state index is 0.0165. The number of aliphatic hydroxyl groups excluding tert-OH is 1. The summed E-state index contributed by atoms with van der Waals surface area (Å²) in [6.45, 7) is 12.5. The number of nitriles is 1. The number of carbonyl (C=O) groups is 1. The highest BCUT2D eigenvalue weighted by Gasteiger charge is 2.34. The summed E-state index contributed by atoms with van der Waals surface area (Å²) in [6, 6.07) is 10.2. The van der Waals surface area contributed by atoms with Crippen molar-refractivity contribution in [1.29, 1.82) is 5.26 Å². The Labute approximate surface area is 236 Å². The van der Waals surface area contributed by atoms with Gasteiger partial charge in [0.15, 0.2) is 0 Å². The summed E-state index contributed by atoms with van der Waals surface area (Å²) in [5, 5.41) is 19.4. The second kappa shape index (κ2) is 11.4. The van der Waals surface area contributed by atoms with Crippen molar-refractivity contribution in [1.82, 2.24) is 19.8 Å². The van der Waals surface area contributed by atoms with Crippen LogP contribution in [0.3, 0.4) is 0 Å². The molecule has 0 bridgehead atoms. The molecule has 1 amide bonds. The molecule has 1 saturated heterocycles. The van der Waals surface area contributed by atoms with E-state index in [4.69, 9.17) is 4.74 Å². The normalized spacial score (nSPS) is 19.5. The van der Waals surface area contributed by atoms with Crippen LogP contribution in [-0.2, 0) is 12.8 Å². The number of rotatable bonds is 8. The van der Waals surface area contributed by atoms with Crippen molar-refractivity contribution in [2.45, 2.75) is 65.6 Å². The van der Waals surface area contributed by atoms with E-state index >= 15 is 0 Å². The van der Waals surface area contributed by atoms with Crippen molar-refractivity contribution < 1.29 is 14.6 Å². The molecule has 1 N–H and O–H groups in total. The first-order chi connectivity index (χ1) is 19.2. The number of aryl methyl sites for hydroxylation is 2. The van der Waals surface area contributed by atoms with Crippen LogP contribution in [0.25, 0.3) is 11.1 Å². The average Bonchev–Trinajstić information content (AvgIpc) is 2.96. The number of benzene rings is 1. The van der Waals surface area contributed by atoms with Crippen LogP contribution in [-0.4, -0.2) is 69.2 Å². The predicted octanol–water partition coefficient (Wildman–Crippen LogP) is 4.40. The van der Waals surface area contributed by atoms with Crippen LogP contribution in [0, 0.1) is 25.2 Å². The van der Waals surface area contributed by atoms with Crippen LogP contribution < -0.4 is 4.74 Å². The van der Waals surface area contributed by atoms with Crippen LogP contribution in [0.2, 0.25) is 0 Å². The second-order valence-corrected chi connectivity index (χ2v) is 10.9. The van der Waals surface area contributed by atoms with Gasteiger partial charge in [-0.05, 0) is 87.4 Å². The lowest BCUT2D eigenvalue weighted by Crippen LogP contribution is -2.58. The maximum Gasteiger partial charge on any atom is 0.254 e. The average molecular weight is 540 g/mol. The molecule has 2 aliphatic rings. The summed E-state index contributed by atoms with van der Waals surface area (Å²) in [4.78, 5) is 27.2. The highest BCUT2D eigenvalue weighted by molar-refractivity contribution is 5.99. The first-order valence-electron chi connectivity index (χ1n) is 14.1. The Balaban J connectivity index is 1.51. The smallest absolute Gasteiger partial charge is 0.254 e. The molecule has 2 aliphatic heterocycles. The number of aromatic nitrogens is 2. The van der Waals surface area contributed by atoms with E-state index in [1.165, 1.54) is 6.20 Å². The largest absolute Gasteiger partial charge is 0.492 e. The van der Waals surface area contributed by atoms with Crippen LogP contribution in [0.1, 0.15) is 70.8 Å². The number of β-amino-alcohol motifs (C(OH)–C–C–N with tert-alkyl or cyclic N) is 1. The van der Waals surface area contributed by atoms with Gasteiger partial charge in [0.2, 0.25) is 0 Å². The van der Waals surface area contributed by atoms with E-state index in [2.05, 4.69) is 46.1 Å². The van der Waals surface area contributed by atoms with Crippen molar-refractivity contribution in [2.24, 2.45) is 0 Å². The lowest BCUT2D eigenvalue weighted by Gasteiger charge is -2.43. The molecular formula is C32H37N5O3. The Hall–Kier alpha value is -3.80. The molecule has 0 spiro atoms. The van der Waals surface area contributed by atoms with Gasteiger partial charge in [-0.3, -0.25) is 19.7 Å². The molecule has 0 saturated carbocycles. The van der Waals surface area contributed by atoms with Crippen molar-refractivity contribution in [3.8, 4) is 22.9 Å².